The van der Waals surface area contributed by atoms with Gasteiger partial charge >= 0.3 is 0 Å². The van der Waals surface area contributed by atoms with Crippen molar-refractivity contribution in [1.82, 2.24) is 0 Å². The van der Waals surface area contributed by atoms with Crippen LogP contribution >= 0.6 is 61.2 Å². The van der Waals surface area contributed by atoms with E-state index in [2.05, 4.69) is 50.0 Å². The van der Waals surface area contributed by atoms with Crippen LogP contribution in [-0.4, -0.2) is 0 Å². The van der Waals surface area contributed by atoms with Gasteiger partial charge in [-0.05, 0) is 44.6 Å². The standard InChI is InChI=1S/C6H2BrIS2/c7-5-1-3-4(8)2-9-6(3)10-5/h1-2H. The Labute approximate surface area is 88.5 Å². The van der Waals surface area contributed by atoms with Gasteiger partial charge in [0, 0.05) is 14.3 Å². The van der Waals surface area contributed by atoms with E-state index >= 15 is 0 Å². The third-order valence-electron chi connectivity index (χ3n) is 1.19. The molecule has 0 radical (unpaired) electrons. The lowest BCUT2D eigenvalue weighted by molar-refractivity contribution is 1.96. The van der Waals surface area contributed by atoms with Gasteiger partial charge in [0.05, 0.1) is 7.80 Å². The molecule has 2 aromatic heterocycles. The molecule has 0 unspecified atom stereocenters. The average molecular weight is 345 g/mol. The third kappa shape index (κ3) is 1.15. The summed E-state index contributed by atoms with van der Waals surface area (Å²) in [4.78, 5) is 0. The van der Waals surface area contributed by atoms with Gasteiger partial charge in [0.25, 0.3) is 0 Å². The number of halogens is 2. The van der Waals surface area contributed by atoms with E-state index in [9.17, 15) is 0 Å². The average Bonchev–Trinajstić information content (AvgIpc) is 2.35. The molecule has 2 aromatic rings. The highest BCUT2D eigenvalue weighted by molar-refractivity contribution is 14.1. The minimum Gasteiger partial charge on any atom is -0.132 e. The summed E-state index contributed by atoms with van der Waals surface area (Å²) in [6.45, 7) is 0. The van der Waals surface area contributed by atoms with E-state index in [1.54, 1.807) is 11.3 Å². The molecule has 0 spiro atoms. The number of fused-ring (bicyclic) bond motifs is 1. The second kappa shape index (κ2) is 2.73. The summed E-state index contributed by atoms with van der Waals surface area (Å²) in [5, 5.41) is 3.58. The summed E-state index contributed by atoms with van der Waals surface area (Å²) in [6.07, 6.45) is 0. The van der Waals surface area contributed by atoms with Crippen LogP contribution in [0.1, 0.15) is 0 Å². The maximum atomic E-state index is 3.46. The SMILES string of the molecule is Brc1cc2c(I)csc2s1. The summed E-state index contributed by atoms with van der Waals surface area (Å²) < 4.78 is 4.00. The molecule has 0 saturated carbocycles. The fourth-order valence-electron chi connectivity index (χ4n) is 0.768. The molecule has 0 aliphatic heterocycles. The molecule has 0 saturated heterocycles. The summed E-state index contributed by atoms with van der Waals surface area (Å²) >= 11 is 9.44. The van der Waals surface area contributed by atoms with Crippen LogP contribution in [0.5, 0.6) is 0 Å². The molecule has 4 heteroatoms. The Kier molecular flexibility index (Phi) is 2.05. The highest BCUT2D eigenvalue weighted by atomic mass is 127. The summed E-state index contributed by atoms with van der Waals surface area (Å²) in [5.74, 6) is 0. The van der Waals surface area contributed by atoms with Crippen LogP contribution in [0.4, 0.5) is 0 Å². The van der Waals surface area contributed by atoms with Crippen molar-refractivity contribution in [3.8, 4) is 0 Å². The van der Waals surface area contributed by atoms with Gasteiger partial charge in [-0.3, -0.25) is 0 Å². The Morgan fingerprint density at radius 1 is 1.50 bits per heavy atom. The van der Waals surface area contributed by atoms with Crippen molar-refractivity contribution < 1.29 is 0 Å². The molecule has 0 amide bonds. The van der Waals surface area contributed by atoms with Crippen molar-refractivity contribution in [2.75, 3.05) is 0 Å². The minimum atomic E-state index is 1.23. The van der Waals surface area contributed by atoms with Crippen LogP contribution < -0.4 is 0 Å². The second-order valence-corrected chi connectivity index (χ2v) is 6.57. The Morgan fingerprint density at radius 3 is 3.00 bits per heavy atom. The van der Waals surface area contributed by atoms with Gasteiger partial charge in [-0.2, -0.15) is 0 Å². The van der Waals surface area contributed by atoms with Gasteiger partial charge in [0.15, 0.2) is 0 Å². The van der Waals surface area contributed by atoms with Crippen molar-refractivity contribution >= 4 is 70.6 Å². The predicted octanol–water partition coefficient (Wildman–Crippen LogP) is 4.33. The molecule has 0 N–H and O–H groups in total. The largest absolute Gasteiger partial charge is 0.132 e. The molecule has 0 bridgehead atoms. The molecular weight excluding hydrogens is 343 g/mol. The first-order valence-corrected chi connectivity index (χ1v) is 6.16. The van der Waals surface area contributed by atoms with Crippen molar-refractivity contribution in [2.24, 2.45) is 0 Å². The van der Waals surface area contributed by atoms with Crippen LogP contribution in [0, 0.1) is 3.57 Å². The first-order valence-electron chi connectivity index (χ1n) is 2.59. The van der Waals surface area contributed by atoms with Gasteiger partial charge in [-0.1, -0.05) is 0 Å². The number of thiophene rings is 2. The van der Waals surface area contributed by atoms with E-state index in [-0.39, 0.29) is 0 Å². The van der Waals surface area contributed by atoms with Gasteiger partial charge < -0.3 is 0 Å². The first kappa shape index (κ1) is 7.52. The molecule has 0 fully saturated rings. The molecule has 0 aliphatic carbocycles. The van der Waals surface area contributed by atoms with E-state index in [1.165, 1.54) is 16.8 Å². The molecule has 2 heterocycles. The second-order valence-electron chi connectivity index (χ2n) is 1.84. The number of hydrogen-bond donors (Lipinski definition) is 0. The zero-order chi connectivity index (χ0) is 7.14. The highest BCUT2D eigenvalue weighted by Gasteiger charge is 2.03. The van der Waals surface area contributed by atoms with E-state index in [1.807, 2.05) is 11.3 Å². The van der Waals surface area contributed by atoms with Gasteiger partial charge in [-0.15, -0.1) is 22.7 Å². The normalized spacial score (nSPS) is 11.0. The lowest BCUT2D eigenvalue weighted by Gasteiger charge is -1.74. The highest BCUT2D eigenvalue weighted by Crippen LogP contribution is 2.36. The Morgan fingerprint density at radius 2 is 2.30 bits per heavy atom. The van der Waals surface area contributed by atoms with Crippen LogP contribution in [0.15, 0.2) is 15.2 Å². The molecule has 52 valence electrons. The molecule has 0 aromatic carbocycles. The predicted molar refractivity (Wildman–Crippen MR) is 60.1 cm³/mol. The lowest BCUT2D eigenvalue weighted by atomic mass is 10.4. The van der Waals surface area contributed by atoms with Crippen molar-refractivity contribution in [1.29, 1.82) is 0 Å². The van der Waals surface area contributed by atoms with Crippen LogP contribution in [0.25, 0.3) is 9.40 Å². The molecule has 0 aliphatic rings. The Bertz CT molecular complexity index is 363. The van der Waals surface area contributed by atoms with Crippen molar-refractivity contribution in [2.45, 2.75) is 0 Å². The summed E-state index contributed by atoms with van der Waals surface area (Å²) in [6, 6.07) is 2.18. The van der Waals surface area contributed by atoms with Crippen molar-refractivity contribution in [3.05, 3.63) is 18.8 Å². The van der Waals surface area contributed by atoms with Crippen molar-refractivity contribution in [3.63, 3.8) is 0 Å². The molecule has 10 heavy (non-hydrogen) atoms. The topological polar surface area (TPSA) is 0 Å². The molecule has 2 rings (SSSR count). The first-order chi connectivity index (χ1) is 4.77. The maximum Gasteiger partial charge on any atom is 0.0887 e. The smallest absolute Gasteiger partial charge is 0.0887 e. The van der Waals surface area contributed by atoms with Crippen LogP contribution in [0.2, 0.25) is 0 Å². The third-order valence-corrected chi connectivity index (χ3v) is 5.27. The lowest BCUT2D eigenvalue weighted by Crippen LogP contribution is -1.54. The van der Waals surface area contributed by atoms with E-state index in [0.717, 1.165) is 0 Å². The van der Waals surface area contributed by atoms with E-state index < -0.39 is 0 Å². The Balaban J connectivity index is 2.90. The molecule has 0 atom stereocenters. The molecular formula is C6H2BrIS2. The zero-order valence-electron chi connectivity index (χ0n) is 4.73. The van der Waals surface area contributed by atoms with Gasteiger partial charge in [0.1, 0.15) is 0 Å². The number of rotatable bonds is 0. The fraction of sp³-hybridized carbons (Fsp3) is 0. The monoisotopic (exact) mass is 344 g/mol. The zero-order valence-corrected chi connectivity index (χ0v) is 10.1. The van der Waals surface area contributed by atoms with Crippen LogP contribution in [0.3, 0.4) is 0 Å². The summed E-state index contributed by atoms with van der Waals surface area (Å²) in [7, 11) is 0. The van der Waals surface area contributed by atoms with E-state index in [4.69, 9.17) is 0 Å². The quantitative estimate of drug-likeness (QED) is 0.624. The van der Waals surface area contributed by atoms with Gasteiger partial charge in [0.2, 0.25) is 0 Å². The van der Waals surface area contributed by atoms with E-state index in [0.29, 0.717) is 0 Å². The maximum absolute atomic E-state index is 3.46. The molecule has 0 nitrogen and oxygen atoms in total. The van der Waals surface area contributed by atoms with Gasteiger partial charge in [-0.25, -0.2) is 0 Å². The summed E-state index contributed by atoms with van der Waals surface area (Å²) in [5.41, 5.74) is 0. The minimum absolute atomic E-state index is 1.23. The fourth-order valence-corrected chi connectivity index (χ4v) is 4.85. The number of hydrogen-bond acceptors (Lipinski definition) is 2. The van der Waals surface area contributed by atoms with Crippen LogP contribution in [-0.2, 0) is 0 Å². The Hall–Kier alpha value is 0.870.